The second-order valence-corrected chi connectivity index (χ2v) is 12.1. The van der Waals surface area contributed by atoms with Crippen LogP contribution in [0.3, 0.4) is 0 Å². The van der Waals surface area contributed by atoms with Gasteiger partial charge in [-0.25, -0.2) is 0 Å². The summed E-state index contributed by atoms with van der Waals surface area (Å²) in [5, 5.41) is 13.4. The summed E-state index contributed by atoms with van der Waals surface area (Å²) in [5.74, 6) is -0.804. The molecule has 2 N–H and O–H groups in total. The van der Waals surface area contributed by atoms with E-state index < -0.39 is 30.1 Å². The van der Waals surface area contributed by atoms with E-state index in [1.54, 1.807) is 12.1 Å². The largest absolute Gasteiger partial charge is 0.383 e. The maximum Gasteiger partial charge on any atom is 0.252 e. The molecule has 10 heteroatoms. The number of fused-ring (bicyclic) bond motifs is 1. The Bertz CT molecular complexity index is 1070. The lowest BCUT2D eigenvalue weighted by Gasteiger charge is -2.30. The Labute approximate surface area is 237 Å². The monoisotopic (exact) mass is 556 g/mol. The number of Topliss-reactive ketones (excluding diaryl/α,β-unsaturated/α-hetero) is 1. The lowest BCUT2D eigenvalue weighted by Crippen LogP contribution is -2.53. The number of likely N-dealkylation sites (tertiary alicyclic amines) is 2. The van der Waals surface area contributed by atoms with Crippen molar-refractivity contribution in [2.45, 2.75) is 77.6 Å². The van der Waals surface area contributed by atoms with Crippen LogP contribution in [-0.4, -0.2) is 102 Å². The first-order valence-electron chi connectivity index (χ1n) is 14.6. The third-order valence-electron chi connectivity index (χ3n) is 8.11. The summed E-state index contributed by atoms with van der Waals surface area (Å²) in [6, 6.07) is 5.36. The van der Waals surface area contributed by atoms with Crippen molar-refractivity contribution in [1.29, 1.82) is 0 Å². The predicted molar refractivity (Wildman–Crippen MR) is 151 cm³/mol. The molecular weight excluding hydrogens is 512 g/mol. The van der Waals surface area contributed by atoms with Gasteiger partial charge in [-0.15, -0.1) is 0 Å². The fourth-order valence-electron chi connectivity index (χ4n) is 5.94. The smallest absolute Gasteiger partial charge is 0.252 e. The number of aliphatic hydroxyl groups excluding tert-OH is 1. The number of carbonyl (C=O) groups excluding carboxylic acids is 4. The molecule has 3 aliphatic heterocycles. The van der Waals surface area contributed by atoms with Gasteiger partial charge in [-0.2, -0.15) is 0 Å². The van der Waals surface area contributed by atoms with Crippen molar-refractivity contribution < 1.29 is 29.0 Å². The summed E-state index contributed by atoms with van der Waals surface area (Å²) in [7, 11) is 0. The Morgan fingerprint density at radius 1 is 0.950 bits per heavy atom. The molecule has 3 amide bonds. The minimum Gasteiger partial charge on any atom is -0.383 e. The van der Waals surface area contributed by atoms with Crippen molar-refractivity contribution in [1.82, 2.24) is 15.1 Å². The number of benzene rings is 1. The SMILES string of the molecule is CC(C)CCC(O)C(=O)N1CC(=O)C2C1CCN2C(=O)C(CC(C)C)NC(=O)c1ccc(N2CCOCC2)cc1. The number of hydrogen-bond acceptors (Lipinski definition) is 7. The molecule has 3 aliphatic rings. The molecule has 0 aromatic heterocycles. The normalized spacial score (nSPS) is 22.6. The molecule has 3 fully saturated rings. The molecule has 40 heavy (non-hydrogen) atoms. The lowest BCUT2D eigenvalue weighted by atomic mass is 10.0. The summed E-state index contributed by atoms with van der Waals surface area (Å²) < 4.78 is 5.41. The van der Waals surface area contributed by atoms with Crippen molar-refractivity contribution >= 4 is 29.2 Å². The van der Waals surface area contributed by atoms with Crippen LogP contribution >= 0.6 is 0 Å². The zero-order chi connectivity index (χ0) is 29.0. The van der Waals surface area contributed by atoms with Crippen LogP contribution in [0.25, 0.3) is 0 Å². The van der Waals surface area contributed by atoms with Crippen LogP contribution in [0.15, 0.2) is 24.3 Å². The first-order valence-corrected chi connectivity index (χ1v) is 14.6. The molecule has 220 valence electrons. The first kappa shape index (κ1) is 30.0. The molecular formula is C30H44N4O6. The topological polar surface area (TPSA) is 119 Å². The Kier molecular flexibility index (Phi) is 9.84. The van der Waals surface area contributed by atoms with E-state index in [1.807, 2.05) is 39.8 Å². The first-order chi connectivity index (χ1) is 19.1. The zero-order valence-electron chi connectivity index (χ0n) is 24.2. The van der Waals surface area contributed by atoms with Gasteiger partial charge in [0.2, 0.25) is 5.91 Å². The Morgan fingerprint density at radius 2 is 1.62 bits per heavy atom. The van der Waals surface area contributed by atoms with E-state index >= 15 is 0 Å². The quantitative estimate of drug-likeness (QED) is 0.451. The van der Waals surface area contributed by atoms with Gasteiger partial charge < -0.3 is 29.9 Å². The summed E-state index contributed by atoms with van der Waals surface area (Å²) in [6.07, 6.45) is 0.795. The molecule has 1 aromatic carbocycles. The fourth-order valence-corrected chi connectivity index (χ4v) is 5.94. The van der Waals surface area contributed by atoms with Crippen LogP contribution in [0.4, 0.5) is 5.69 Å². The number of rotatable bonds is 10. The number of ketones is 1. The summed E-state index contributed by atoms with van der Waals surface area (Å²) in [6.45, 7) is 11.2. The molecule has 0 aliphatic carbocycles. The molecule has 0 bridgehead atoms. The molecule has 0 radical (unpaired) electrons. The van der Waals surface area contributed by atoms with E-state index in [9.17, 15) is 24.3 Å². The highest BCUT2D eigenvalue weighted by Gasteiger charge is 2.52. The van der Waals surface area contributed by atoms with Crippen LogP contribution < -0.4 is 10.2 Å². The summed E-state index contributed by atoms with van der Waals surface area (Å²) in [5.41, 5.74) is 1.48. The van der Waals surface area contributed by atoms with Crippen LogP contribution in [-0.2, 0) is 19.1 Å². The van der Waals surface area contributed by atoms with Crippen LogP contribution in [0.2, 0.25) is 0 Å². The van der Waals surface area contributed by atoms with Gasteiger partial charge >= 0.3 is 0 Å². The van der Waals surface area contributed by atoms with Crippen molar-refractivity contribution in [2.24, 2.45) is 11.8 Å². The average molecular weight is 557 g/mol. The number of aliphatic hydroxyl groups is 1. The standard InChI is InChI=1S/C30H44N4O6/c1-19(2)5-10-25(35)30(39)34-18-26(36)27-24(34)11-12-33(27)29(38)23(17-20(3)4)31-28(37)21-6-8-22(9-7-21)32-13-15-40-16-14-32/h6-9,19-20,23-25,27,35H,5,10-18H2,1-4H3,(H,31,37). The van der Waals surface area contributed by atoms with Gasteiger partial charge in [0.25, 0.3) is 11.8 Å². The maximum absolute atomic E-state index is 13.8. The van der Waals surface area contributed by atoms with E-state index in [0.717, 1.165) is 18.8 Å². The molecule has 4 unspecified atom stereocenters. The molecule has 0 saturated carbocycles. The number of morpholine rings is 1. The molecule has 10 nitrogen and oxygen atoms in total. The van der Waals surface area contributed by atoms with Crippen LogP contribution in [0.1, 0.15) is 63.7 Å². The number of ether oxygens (including phenoxy) is 1. The van der Waals surface area contributed by atoms with Crippen molar-refractivity contribution in [2.75, 3.05) is 44.3 Å². The van der Waals surface area contributed by atoms with Crippen molar-refractivity contribution in [3.63, 3.8) is 0 Å². The number of anilines is 1. The van der Waals surface area contributed by atoms with Crippen LogP contribution in [0, 0.1) is 11.8 Å². The van der Waals surface area contributed by atoms with Crippen molar-refractivity contribution in [3.8, 4) is 0 Å². The van der Waals surface area contributed by atoms with Gasteiger partial charge in [0.15, 0.2) is 5.78 Å². The second kappa shape index (κ2) is 13.1. The fraction of sp³-hybridized carbons (Fsp3) is 0.667. The third-order valence-corrected chi connectivity index (χ3v) is 8.11. The third kappa shape index (κ3) is 6.83. The minimum absolute atomic E-state index is 0.104. The van der Waals surface area contributed by atoms with Gasteiger partial charge in [-0.3, -0.25) is 19.2 Å². The number of carbonyl (C=O) groups is 4. The van der Waals surface area contributed by atoms with E-state index in [4.69, 9.17) is 4.74 Å². The summed E-state index contributed by atoms with van der Waals surface area (Å²) in [4.78, 5) is 58.2. The second-order valence-electron chi connectivity index (χ2n) is 12.1. The Hall–Kier alpha value is -2.98. The molecule has 1 aromatic rings. The Balaban J connectivity index is 1.42. The highest BCUT2D eigenvalue weighted by atomic mass is 16.5. The van der Waals surface area contributed by atoms with E-state index in [1.165, 1.54) is 9.80 Å². The highest BCUT2D eigenvalue weighted by molar-refractivity contribution is 6.01. The number of nitrogens with one attached hydrogen (secondary N) is 1. The van der Waals surface area contributed by atoms with Crippen LogP contribution in [0.5, 0.6) is 0 Å². The summed E-state index contributed by atoms with van der Waals surface area (Å²) >= 11 is 0. The van der Waals surface area contributed by atoms with Gasteiger partial charge in [-0.1, -0.05) is 27.7 Å². The molecule has 0 spiro atoms. The minimum atomic E-state index is -1.15. The predicted octanol–water partition coefficient (Wildman–Crippen LogP) is 1.85. The van der Waals surface area contributed by atoms with Crippen molar-refractivity contribution in [3.05, 3.63) is 29.8 Å². The molecule has 3 saturated heterocycles. The van der Waals surface area contributed by atoms with E-state index in [-0.39, 0.29) is 30.1 Å². The van der Waals surface area contributed by atoms with Gasteiger partial charge in [-0.05, 0) is 61.8 Å². The van der Waals surface area contributed by atoms with E-state index in [2.05, 4.69) is 10.2 Å². The highest BCUT2D eigenvalue weighted by Crippen LogP contribution is 2.31. The average Bonchev–Trinajstić information content (AvgIpc) is 3.52. The lowest BCUT2D eigenvalue weighted by molar-refractivity contribution is -0.142. The Morgan fingerprint density at radius 3 is 2.25 bits per heavy atom. The maximum atomic E-state index is 13.8. The molecule has 4 atom stereocenters. The number of amides is 3. The molecule has 3 heterocycles. The molecule has 4 rings (SSSR count). The van der Waals surface area contributed by atoms with Gasteiger partial charge in [0, 0.05) is 30.9 Å². The number of nitrogens with zero attached hydrogens (tertiary/aromatic N) is 3. The van der Waals surface area contributed by atoms with Gasteiger partial charge in [0.1, 0.15) is 18.2 Å². The van der Waals surface area contributed by atoms with E-state index in [0.29, 0.717) is 56.9 Å². The number of hydrogen-bond donors (Lipinski definition) is 2. The zero-order valence-corrected chi connectivity index (χ0v) is 24.2. The van der Waals surface area contributed by atoms with Gasteiger partial charge in [0.05, 0.1) is 25.8 Å².